The van der Waals surface area contributed by atoms with Gasteiger partial charge in [-0.2, -0.15) is 5.11 Å². The molecule has 262 valence electrons. The molecule has 3 aromatic rings. The normalized spacial score (nSPS) is 12.6. The summed E-state index contributed by atoms with van der Waals surface area (Å²) < 4.78 is 156. The van der Waals surface area contributed by atoms with Crippen molar-refractivity contribution in [3.8, 4) is 0 Å². The fourth-order valence-electron chi connectivity index (χ4n) is 3.72. The van der Waals surface area contributed by atoms with Crippen molar-refractivity contribution in [3.05, 3.63) is 48.5 Å². The van der Waals surface area contributed by atoms with Gasteiger partial charge in [-0.3, -0.25) is 4.18 Å². The van der Waals surface area contributed by atoms with Crippen LogP contribution in [0.5, 0.6) is 0 Å². The SMILES string of the molecule is CCCS(=O)(=O)c1ccc(N=Nc2cc(S(=O)(=O)[O-])c(N)c(N=Nc3ccc(S(=O)(=O)CCOS(=O)(=O)[O-])cc3)c2N)c(S(=O)(=O)[O-])c1.[Na+].[Na+].[Na+]. The van der Waals surface area contributed by atoms with Crippen molar-refractivity contribution < 1.29 is 149 Å². The minimum absolute atomic E-state index is 0. The second-order valence-electron chi connectivity index (χ2n) is 9.37. The van der Waals surface area contributed by atoms with Crippen molar-refractivity contribution in [2.45, 2.75) is 32.9 Å². The topological polar surface area (TPSA) is 351 Å². The molecule has 0 radical (unpaired) electrons. The van der Waals surface area contributed by atoms with Crippen LogP contribution in [0.2, 0.25) is 0 Å². The van der Waals surface area contributed by atoms with Gasteiger partial charge < -0.3 is 25.1 Å². The van der Waals surface area contributed by atoms with Gasteiger partial charge in [-0.1, -0.05) is 6.92 Å². The molecule has 0 saturated heterocycles. The maximum absolute atomic E-state index is 12.4. The zero-order valence-corrected chi connectivity index (χ0v) is 37.2. The van der Waals surface area contributed by atoms with E-state index in [2.05, 4.69) is 24.6 Å². The van der Waals surface area contributed by atoms with Crippen LogP contribution in [-0.4, -0.2) is 73.9 Å². The van der Waals surface area contributed by atoms with Crippen molar-refractivity contribution in [2.24, 2.45) is 20.5 Å². The van der Waals surface area contributed by atoms with Crippen molar-refractivity contribution in [1.82, 2.24) is 0 Å². The summed E-state index contributed by atoms with van der Waals surface area (Å²) in [5.74, 6) is -1.21. The Hall–Kier alpha value is -0.950. The van der Waals surface area contributed by atoms with Crippen molar-refractivity contribution in [1.29, 1.82) is 0 Å². The van der Waals surface area contributed by atoms with Gasteiger partial charge in [-0.15, -0.1) is 15.3 Å². The van der Waals surface area contributed by atoms with Crippen LogP contribution in [-0.2, 0) is 54.5 Å². The van der Waals surface area contributed by atoms with E-state index in [-0.39, 0.29) is 111 Å². The number of anilines is 2. The summed E-state index contributed by atoms with van der Waals surface area (Å²) in [6.07, 6.45) is 0.188. The molecule has 0 fully saturated rings. The molecule has 51 heavy (non-hydrogen) atoms. The predicted molar refractivity (Wildman–Crippen MR) is 162 cm³/mol. The average Bonchev–Trinajstić information content (AvgIpc) is 2.95. The molecular formula is C23H23N6Na3O14S5. The van der Waals surface area contributed by atoms with E-state index in [1.807, 2.05) is 0 Å². The molecule has 0 spiro atoms. The Morgan fingerprint density at radius 3 is 1.63 bits per heavy atom. The van der Waals surface area contributed by atoms with Crippen LogP contribution in [0.3, 0.4) is 0 Å². The molecule has 3 aromatic carbocycles. The fourth-order valence-corrected chi connectivity index (χ4v) is 7.88. The molecule has 3 rings (SSSR count). The zero-order chi connectivity index (χ0) is 36.3. The van der Waals surface area contributed by atoms with Crippen molar-refractivity contribution in [2.75, 3.05) is 29.6 Å². The number of azo groups is 2. The van der Waals surface area contributed by atoms with Gasteiger partial charge in [0.15, 0.2) is 19.7 Å². The van der Waals surface area contributed by atoms with Gasteiger partial charge in [0.25, 0.3) is 0 Å². The Labute approximate surface area is 360 Å². The number of sulfone groups is 2. The first kappa shape index (κ1) is 50.1. The molecule has 0 heterocycles. The van der Waals surface area contributed by atoms with E-state index in [0.717, 1.165) is 36.4 Å². The predicted octanol–water partition coefficient (Wildman–Crippen LogP) is -7.06. The third-order valence-corrected chi connectivity index (χ3v) is 11.7. The van der Waals surface area contributed by atoms with Crippen molar-refractivity contribution >= 4 is 84.4 Å². The summed E-state index contributed by atoms with van der Waals surface area (Å²) >= 11 is 0. The molecule has 0 bridgehead atoms. The Morgan fingerprint density at radius 1 is 0.608 bits per heavy atom. The van der Waals surface area contributed by atoms with Gasteiger partial charge in [-0.25, -0.2) is 42.1 Å². The molecule has 0 saturated carbocycles. The van der Waals surface area contributed by atoms with E-state index in [4.69, 9.17) is 11.5 Å². The van der Waals surface area contributed by atoms with Crippen molar-refractivity contribution in [3.63, 3.8) is 0 Å². The molecule has 0 aliphatic heterocycles. The van der Waals surface area contributed by atoms with Gasteiger partial charge in [0.2, 0.25) is 10.4 Å². The second kappa shape index (κ2) is 19.6. The van der Waals surface area contributed by atoms with Crippen LogP contribution in [0.15, 0.2) is 88.6 Å². The van der Waals surface area contributed by atoms with E-state index < -0.39 is 106 Å². The van der Waals surface area contributed by atoms with E-state index >= 15 is 0 Å². The molecule has 4 N–H and O–H groups in total. The number of hydrogen-bond donors (Lipinski definition) is 2. The van der Waals surface area contributed by atoms with Gasteiger partial charge in [0.05, 0.1) is 54.8 Å². The maximum Gasteiger partial charge on any atom is 1.00 e. The number of rotatable bonds is 14. The molecule has 28 heteroatoms. The van der Waals surface area contributed by atoms with E-state index in [1.165, 1.54) is 0 Å². The minimum atomic E-state index is -5.34. The number of nitrogens with zero attached hydrogens (tertiary/aromatic N) is 4. The first-order chi connectivity index (χ1) is 22.0. The Kier molecular flexibility index (Phi) is 19.2. The van der Waals surface area contributed by atoms with E-state index in [9.17, 15) is 55.7 Å². The number of benzene rings is 3. The van der Waals surface area contributed by atoms with Gasteiger partial charge in [0, 0.05) is 0 Å². The quantitative estimate of drug-likeness (QED) is 0.0501. The Balaban J connectivity index is 0.00000833. The fraction of sp³-hybridized carbons (Fsp3) is 0.217. The number of nitrogens with two attached hydrogens (primary N) is 2. The van der Waals surface area contributed by atoms with Gasteiger partial charge in [-0.05, 0) is 55.0 Å². The third-order valence-electron chi connectivity index (χ3n) is 5.93. The average molecular weight is 837 g/mol. The van der Waals surface area contributed by atoms with Crippen LogP contribution < -0.4 is 100 Å². The summed E-state index contributed by atoms with van der Waals surface area (Å²) in [4.78, 5) is -2.99. The Morgan fingerprint density at radius 2 is 1.12 bits per heavy atom. The van der Waals surface area contributed by atoms with E-state index in [0.29, 0.717) is 12.1 Å². The second-order valence-corrected chi connectivity index (χ2v) is 17.3. The molecule has 0 aromatic heterocycles. The van der Waals surface area contributed by atoms with Crippen LogP contribution in [0, 0.1) is 0 Å². The molecule has 0 aliphatic rings. The Bertz CT molecular complexity index is 2360. The summed E-state index contributed by atoms with van der Waals surface area (Å²) in [5, 5.41) is 14.7. The zero-order valence-electron chi connectivity index (χ0n) is 27.1. The monoisotopic (exact) mass is 836 g/mol. The molecule has 0 amide bonds. The van der Waals surface area contributed by atoms with E-state index in [1.54, 1.807) is 6.92 Å². The summed E-state index contributed by atoms with van der Waals surface area (Å²) in [5.41, 5.74) is 8.51. The minimum Gasteiger partial charge on any atom is -0.744 e. The number of hydrogen-bond acceptors (Lipinski definition) is 20. The summed E-state index contributed by atoms with van der Waals surface area (Å²) in [6.45, 7) is 0.624. The van der Waals surface area contributed by atoms with Crippen LogP contribution in [0.25, 0.3) is 0 Å². The van der Waals surface area contributed by atoms with Crippen LogP contribution in [0.1, 0.15) is 13.3 Å². The summed E-state index contributed by atoms with van der Waals surface area (Å²) in [7, 11) is -23.9. The standard InChI is InChI=1S/C23H26N6O14S5.3Na/c1-2-10-44(30,31)16-7-8-17(19(12-16)46(34,35)36)27-28-18-13-20(47(37,38)39)22(25)23(21(18)24)29-26-14-3-5-15(6-4-14)45(32,33)11-9-43-48(40,41)42;;;/h3-8,12-13H,2,9-11,24-25H2,1H3,(H,34,35,36)(H,37,38,39)(H,40,41,42);;;/q;3*+1/p-3. The van der Waals surface area contributed by atoms with Gasteiger partial charge >= 0.3 is 88.7 Å². The largest absolute Gasteiger partial charge is 1.00 e. The molecule has 20 nitrogen and oxygen atoms in total. The molecule has 0 atom stereocenters. The third kappa shape index (κ3) is 14.0. The number of nitrogen functional groups attached to an aromatic ring is 2. The molecule has 0 unspecified atom stereocenters. The van der Waals surface area contributed by atoms with Crippen LogP contribution in [0.4, 0.5) is 34.1 Å². The molecule has 0 aliphatic carbocycles. The van der Waals surface area contributed by atoms with Gasteiger partial charge in [0.1, 0.15) is 37.3 Å². The smallest absolute Gasteiger partial charge is 0.744 e. The first-order valence-corrected chi connectivity index (χ1v) is 20.2. The maximum atomic E-state index is 12.4. The molecular weight excluding hydrogens is 814 g/mol. The summed E-state index contributed by atoms with van der Waals surface area (Å²) in [6, 6.07) is 7.27. The van der Waals surface area contributed by atoms with Crippen LogP contribution >= 0.6 is 0 Å². The first-order valence-electron chi connectivity index (χ1n) is 12.7.